The predicted molar refractivity (Wildman–Crippen MR) is 108 cm³/mol. The predicted octanol–water partition coefficient (Wildman–Crippen LogP) is 5.82. The second kappa shape index (κ2) is 8.79. The molecule has 0 bridgehead atoms. The molecule has 132 valence electrons. The van der Waals surface area contributed by atoms with Gasteiger partial charge in [-0.2, -0.15) is 0 Å². The van der Waals surface area contributed by atoms with Gasteiger partial charge in [0.1, 0.15) is 11.0 Å². The van der Waals surface area contributed by atoms with Gasteiger partial charge in [0, 0.05) is 9.92 Å². The summed E-state index contributed by atoms with van der Waals surface area (Å²) >= 11 is 7.57. The summed E-state index contributed by atoms with van der Waals surface area (Å²) in [6.07, 6.45) is 0. The van der Waals surface area contributed by atoms with Crippen molar-refractivity contribution in [1.82, 2.24) is 0 Å². The molecule has 3 aromatic carbocycles. The highest BCUT2D eigenvalue weighted by Gasteiger charge is 2.23. The van der Waals surface area contributed by atoms with Crippen molar-refractivity contribution in [3.63, 3.8) is 0 Å². The molecule has 0 heterocycles. The Morgan fingerprint density at radius 1 is 1.00 bits per heavy atom. The Morgan fingerprint density at radius 2 is 1.65 bits per heavy atom. The molecule has 0 spiro atoms. The Balaban J connectivity index is 1.89. The van der Waals surface area contributed by atoms with Crippen LogP contribution in [0.3, 0.4) is 0 Å². The summed E-state index contributed by atoms with van der Waals surface area (Å²) < 4.78 is 5.32. The molecule has 0 aliphatic rings. The SMILES string of the molecule is COc1ccc(Cl)cc1NC(=O)[C@@H](Sc1ccccc1)c1ccccc1. The molecule has 3 nitrogen and oxygen atoms in total. The van der Waals surface area contributed by atoms with Gasteiger partial charge in [0.05, 0.1) is 12.8 Å². The van der Waals surface area contributed by atoms with Crippen LogP contribution in [0.4, 0.5) is 5.69 Å². The number of amides is 1. The maximum absolute atomic E-state index is 13.1. The highest BCUT2D eigenvalue weighted by atomic mass is 35.5. The second-order valence-corrected chi connectivity index (χ2v) is 7.17. The van der Waals surface area contributed by atoms with Gasteiger partial charge in [-0.05, 0) is 35.9 Å². The van der Waals surface area contributed by atoms with Crippen molar-refractivity contribution in [2.45, 2.75) is 10.1 Å². The summed E-state index contributed by atoms with van der Waals surface area (Å²) in [5.74, 6) is 0.435. The first-order valence-electron chi connectivity index (χ1n) is 8.08. The Hall–Kier alpha value is -2.43. The minimum Gasteiger partial charge on any atom is -0.495 e. The van der Waals surface area contributed by atoms with Crippen LogP contribution in [0.5, 0.6) is 5.75 Å². The molecule has 1 N–H and O–H groups in total. The Labute approximate surface area is 162 Å². The largest absolute Gasteiger partial charge is 0.495 e. The Kier molecular flexibility index (Phi) is 6.21. The van der Waals surface area contributed by atoms with Gasteiger partial charge in [-0.15, -0.1) is 11.8 Å². The van der Waals surface area contributed by atoms with Crippen molar-refractivity contribution >= 4 is 35.0 Å². The fourth-order valence-corrected chi connectivity index (χ4v) is 3.73. The van der Waals surface area contributed by atoms with Gasteiger partial charge in [0.15, 0.2) is 0 Å². The molecule has 0 aliphatic carbocycles. The lowest BCUT2D eigenvalue weighted by Crippen LogP contribution is -2.19. The normalized spacial score (nSPS) is 11.6. The minimum absolute atomic E-state index is 0.134. The van der Waals surface area contributed by atoms with Gasteiger partial charge >= 0.3 is 0 Å². The monoisotopic (exact) mass is 383 g/mol. The molecule has 1 atom stereocenters. The maximum Gasteiger partial charge on any atom is 0.242 e. The number of halogens is 1. The van der Waals surface area contributed by atoms with Crippen LogP contribution in [0.1, 0.15) is 10.8 Å². The van der Waals surface area contributed by atoms with Crippen LogP contribution in [-0.4, -0.2) is 13.0 Å². The summed E-state index contributed by atoms with van der Waals surface area (Å²) in [5.41, 5.74) is 1.49. The molecule has 1 amide bonds. The zero-order chi connectivity index (χ0) is 18.4. The molecular formula is C21H18ClNO2S. The van der Waals surface area contributed by atoms with Crippen LogP contribution in [-0.2, 0) is 4.79 Å². The zero-order valence-electron chi connectivity index (χ0n) is 14.2. The van der Waals surface area contributed by atoms with Gasteiger partial charge in [-0.3, -0.25) is 4.79 Å². The van der Waals surface area contributed by atoms with E-state index in [1.165, 1.54) is 11.8 Å². The Morgan fingerprint density at radius 3 is 2.31 bits per heavy atom. The number of carbonyl (C=O) groups is 1. The van der Waals surface area contributed by atoms with Crippen LogP contribution in [0.25, 0.3) is 0 Å². The molecular weight excluding hydrogens is 366 g/mol. The van der Waals surface area contributed by atoms with Gasteiger partial charge < -0.3 is 10.1 Å². The number of rotatable bonds is 6. The third-order valence-electron chi connectivity index (χ3n) is 3.76. The number of benzene rings is 3. The van der Waals surface area contributed by atoms with E-state index in [0.717, 1.165) is 10.5 Å². The second-order valence-electron chi connectivity index (χ2n) is 5.56. The van der Waals surface area contributed by atoms with Crippen molar-refractivity contribution in [2.24, 2.45) is 0 Å². The zero-order valence-corrected chi connectivity index (χ0v) is 15.8. The van der Waals surface area contributed by atoms with Crippen LogP contribution < -0.4 is 10.1 Å². The highest BCUT2D eigenvalue weighted by Crippen LogP contribution is 2.37. The van der Waals surface area contributed by atoms with Crippen molar-refractivity contribution in [3.8, 4) is 5.75 Å². The summed E-state index contributed by atoms with van der Waals surface area (Å²) in [4.78, 5) is 14.1. The van der Waals surface area contributed by atoms with E-state index < -0.39 is 5.25 Å². The fourth-order valence-electron chi connectivity index (χ4n) is 2.51. The molecule has 0 radical (unpaired) electrons. The van der Waals surface area contributed by atoms with Crippen LogP contribution in [0, 0.1) is 0 Å². The first kappa shape index (κ1) is 18.4. The first-order valence-corrected chi connectivity index (χ1v) is 9.34. The standard InChI is InChI=1S/C21H18ClNO2S/c1-25-19-13-12-16(22)14-18(19)23-21(24)20(15-8-4-2-5-9-15)26-17-10-6-3-7-11-17/h2-14,20H,1H3,(H,23,24)/t20-/m0/s1. The third-order valence-corrected chi connectivity index (χ3v) is 5.26. The van der Waals surface area contributed by atoms with E-state index in [0.29, 0.717) is 16.5 Å². The smallest absolute Gasteiger partial charge is 0.242 e. The third kappa shape index (κ3) is 4.59. The molecule has 0 saturated carbocycles. The average Bonchev–Trinajstić information content (AvgIpc) is 2.68. The quantitative estimate of drug-likeness (QED) is 0.545. The van der Waals surface area contributed by atoms with Crippen LogP contribution in [0.15, 0.2) is 83.8 Å². The Bertz CT molecular complexity index is 872. The van der Waals surface area contributed by atoms with E-state index in [9.17, 15) is 4.79 Å². The van der Waals surface area contributed by atoms with E-state index >= 15 is 0 Å². The van der Waals surface area contributed by atoms with E-state index in [1.807, 2.05) is 60.7 Å². The van der Waals surface area contributed by atoms with E-state index in [-0.39, 0.29) is 5.91 Å². The number of ether oxygens (including phenoxy) is 1. The minimum atomic E-state index is -0.401. The number of carbonyl (C=O) groups excluding carboxylic acids is 1. The van der Waals surface area contributed by atoms with Gasteiger partial charge in [-0.25, -0.2) is 0 Å². The summed E-state index contributed by atoms with van der Waals surface area (Å²) in [7, 11) is 1.56. The summed E-state index contributed by atoms with van der Waals surface area (Å²) in [6.45, 7) is 0. The molecule has 3 rings (SSSR count). The van der Waals surface area contributed by atoms with Gasteiger partial charge in [0.2, 0.25) is 5.91 Å². The lowest BCUT2D eigenvalue weighted by molar-refractivity contribution is -0.115. The van der Waals surface area contributed by atoms with E-state index in [1.54, 1.807) is 25.3 Å². The van der Waals surface area contributed by atoms with Crippen molar-refractivity contribution in [1.29, 1.82) is 0 Å². The van der Waals surface area contributed by atoms with Crippen LogP contribution in [0.2, 0.25) is 5.02 Å². The van der Waals surface area contributed by atoms with Gasteiger partial charge in [0.25, 0.3) is 0 Å². The lowest BCUT2D eigenvalue weighted by atomic mass is 10.1. The van der Waals surface area contributed by atoms with Crippen molar-refractivity contribution in [2.75, 3.05) is 12.4 Å². The number of thioether (sulfide) groups is 1. The molecule has 3 aromatic rings. The number of methoxy groups -OCH3 is 1. The van der Waals surface area contributed by atoms with Crippen molar-refractivity contribution < 1.29 is 9.53 Å². The maximum atomic E-state index is 13.1. The first-order chi connectivity index (χ1) is 12.7. The topological polar surface area (TPSA) is 38.3 Å². The van der Waals surface area contributed by atoms with Crippen LogP contribution >= 0.6 is 23.4 Å². The molecule has 0 aromatic heterocycles. The molecule has 0 aliphatic heterocycles. The molecule has 26 heavy (non-hydrogen) atoms. The summed E-state index contributed by atoms with van der Waals surface area (Å²) in [5, 5.41) is 3.09. The number of hydrogen-bond donors (Lipinski definition) is 1. The summed E-state index contributed by atoms with van der Waals surface area (Å²) in [6, 6.07) is 24.7. The average molecular weight is 384 g/mol. The molecule has 0 saturated heterocycles. The highest BCUT2D eigenvalue weighted by molar-refractivity contribution is 8.00. The number of hydrogen-bond acceptors (Lipinski definition) is 3. The molecule has 5 heteroatoms. The number of anilines is 1. The van der Waals surface area contributed by atoms with Crippen molar-refractivity contribution in [3.05, 3.63) is 89.4 Å². The van der Waals surface area contributed by atoms with E-state index in [2.05, 4.69) is 5.32 Å². The lowest BCUT2D eigenvalue weighted by Gasteiger charge is -2.18. The number of nitrogens with one attached hydrogen (secondary N) is 1. The van der Waals surface area contributed by atoms with E-state index in [4.69, 9.17) is 16.3 Å². The molecule has 0 fully saturated rings. The molecule has 0 unspecified atom stereocenters. The fraction of sp³-hybridized carbons (Fsp3) is 0.0952. The van der Waals surface area contributed by atoms with Gasteiger partial charge in [-0.1, -0.05) is 60.1 Å².